The van der Waals surface area contributed by atoms with E-state index in [-0.39, 0.29) is 11.9 Å². The summed E-state index contributed by atoms with van der Waals surface area (Å²) in [6.45, 7) is 1.51. The van der Waals surface area contributed by atoms with Crippen LogP contribution in [0.2, 0.25) is 0 Å². The van der Waals surface area contributed by atoms with Gasteiger partial charge in [-0.25, -0.2) is 4.39 Å². The fourth-order valence-electron chi connectivity index (χ4n) is 3.41. The maximum atomic E-state index is 12.8. The average Bonchev–Trinajstić information content (AvgIpc) is 2.64. The van der Waals surface area contributed by atoms with Crippen LogP contribution in [0.15, 0.2) is 24.3 Å². The van der Waals surface area contributed by atoms with Gasteiger partial charge < -0.3 is 9.84 Å². The van der Waals surface area contributed by atoms with Crippen molar-refractivity contribution in [3.05, 3.63) is 30.1 Å². The molecule has 2 fully saturated rings. The fraction of sp³-hybridized carbons (Fsp3) is 0.600. The van der Waals surface area contributed by atoms with Gasteiger partial charge >= 0.3 is 0 Å². The van der Waals surface area contributed by atoms with Gasteiger partial charge in [-0.15, -0.1) is 0 Å². The molecule has 0 spiro atoms. The Hall–Kier alpha value is -1.13. The lowest BCUT2D eigenvalue weighted by atomic mass is 10.0. The molecule has 0 amide bonds. The van der Waals surface area contributed by atoms with Crippen LogP contribution in [0, 0.1) is 5.82 Å². The van der Waals surface area contributed by atoms with E-state index in [0.717, 1.165) is 19.4 Å². The Morgan fingerprint density at radius 2 is 1.79 bits per heavy atom. The molecule has 0 aliphatic carbocycles. The smallest absolute Gasteiger partial charge is 0.123 e. The highest BCUT2D eigenvalue weighted by molar-refractivity contribution is 5.22. The van der Waals surface area contributed by atoms with E-state index in [9.17, 15) is 9.50 Å². The van der Waals surface area contributed by atoms with Crippen LogP contribution < -0.4 is 4.74 Å². The number of benzene rings is 1. The quantitative estimate of drug-likeness (QED) is 0.906. The number of fused-ring (bicyclic) bond motifs is 2. The topological polar surface area (TPSA) is 32.7 Å². The van der Waals surface area contributed by atoms with Gasteiger partial charge in [-0.05, 0) is 49.9 Å². The Balaban J connectivity index is 1.49. The van der Waals surface area contributed by atoms with Crippen molar-refractivity contribution in [1.29, 1.82) is 0 Å². The summed E-state index contributed by atoms with van der Waals surface area (Å²) in [6.07, 6.45) is 4.06. The van der Waals surface area contributed by atoms with Crippen molar-refractivity contribution in [1.82, 2.24) is 4.90 Å². The molecule has 19 heavy (non-hydrogen) atoms. The predicted octanol–water partition coefficient (Wildman–Crippen LogP) is 2.19. The normalized spacial score (nSPS) is 30.5. The second-order valence-corrected chi connectivity index (χ2v) is 5.55. The number of hydrogen-bond acceptors (Lipinski definition) is 3. The summed E-state index contributed by atoms with van der Waals surface area (Å²) in [4.78, 5) is 2.47. The molecule has 4 heteroatoms. The summed E-state index contributed by atoms with van der Waals surface area (Å²) in [5.74, 6) is 0.473. The summed E-state index contributed by atoms with van der Waals surface area (Å²) in [5, 5.41) is 9.74. The molecule has 2 bridgehead atoms. The van der Waals surface area contributed by atoms with Crippen LogP contribution in [0.4, 0.5) is 4.39 Å². The summed E-state index contributed by atoms with van der Waals surface area (Å²) in [5.41, 5.74) is 0. The zero-order valence-corrected chi connectivity index (χ0v) is 11.0. The van der Waals surface area contributed by atoms with E-state index < -0.39 is 0 Å². The largest absolute Gasteiger partial charge is 0.492 e. The van der Waals surface area contributed by atoms with Crippen LogP contribution in [0.3, 0.4) is 0 Å². The highest BCUT2D eigenvalue weighted by atomic mass is 19.1. The molecule has 2 atom stereocenters. The third kappa shape index (κ3) is 2.90. The van der Waals surface area contributed by atoms with Crippen LogP contribution in [-0.4, -0.2) is 41.3 Å². The van der Waals surface area contributed by atoms with Gasteiger partial charge in [0.15, 0.2) is 0 Å². The van der Waals surface area contributed by atoms with Crippen LogP contribution in [0.1, 0.15) is 25.7 Å². The number of hydrogen-bond donors (Lipinski definition) is 1. The Morgan fingerprint density at radius 1 is 1.16 bits per heavy atom. The molecule has 1 aromatic carbocycles. The standard InChI is InChI=1S/C15H20FNO2/c16-11-1-5-15(6-2-11)19-8-7-17-12-3-4-13(17)10-14(18)9-12/h1-2,5-6,12-14,18H,3-4,7-10H2. The van der Waals surface area contributed by atoms with Gasteiger partial charge in [0.2, 0.25) is 0 Å². The van der Waals surface area contributed by atoms with Crippen molar-refractivity contribution in [2.75, 3.05) is 13.2 Å². The molecule has 2 aliphatic rings. The van der Waals surface area contributed by atoms with Gasteiger partial charge in [0.05, 0.1) is 6.10 Å². The van der Waals surface area contributed by atoms with E-state index in [0.29, 0.717) is 24.4 Å². The van der Waals surface area contributed by atoms with Gasteiger partial charge in [-0.1, -0.05) is 0 Å². The minimum Gasteiger partial charge on any atom is -0.492 e. The van der Waals surface area contributed by atoms with Crippen molar-refractivity contribution in [3.63, 3.8) is 0 Å². The number of nitrogens with zero attached hydrogens (tertiary/aromatic N) is 1. The van der Waals surface area contributed by atoms with E-state index in [4.69, 9.17) is 4.74 Å². The summed E-state index contributed by atoms with van der Waals surface area (Å²) in [6, 6.07) is 7.18. The maximum absolute atomic E-state index is 12.8. The Bertz CT molecular complexity index is 409. The SMILES string of the molecule is OC1CC2CCC(C1)N2CCOc1ccc(F)cc1. The predicted molar refractivity (Wildman–Crippen MR) is 70.7 cm³/mol. The molecule has 0 saturated carbocycles. The van der Waals surface area contributed by atoms with Crippen molar-refractivity contribution >= 4 is 0 Å². The van der Waals surface area contributed by atoms with Gasteiger partial charge in [0.25, 0.3) is 0 Å². The molecular weight excluding hydrogens is 245 g/mol. The third-order valence-corrected chi connectivity index (χ3v) is 4.29. The maximum Gasteiger partial charge on any atom is 0.123 e. The monoisotopic (exact) mass is 265 g/mol. The van der Waals surface area contributed by atoms with E-state index in [1.807, 2.05) is 0 Å². The van der Waals surface area contributed by atoms with Crippen molar-refractivity contribution in [2.24, 2.45) is 0 Å². The molecule has 3 rings (SSSR count). The summed E-state index contributed by atoms with van der Waals surface area (Å²) < 4.78 is 18.4. The molecule has 0 radical (unpaired) electrons. The first kappa shape index (κ1) is 12.9. The first-order valence-corrected chi connectivity index (χ1v) is 7.04. The van der Waals surface area contributed by atoms with E-state index in [2.05, 4.69) is 4.90 Å². The number of halogens is 1. The highest BCUT2D eigenvalue weighted by Gasteiger charge is 2.39. The van der Waals surface area contributed by atoms with Gasteiger partial charge in [-0.2, -0.15) is 0 Å². The third-order valence-electron chi connectivity index (χ3n) is 4.29. The first-order valence-electron chi connectivity index (χ1n) is 7.04. The minimum atomic E-state index is -0.240. The molecule has 2 heterocycles. The number of piperidine rings is 1. The lowest BCUT2D eigenvalue weighted by Crippen LogP contribution is -2.46. The summed E-state index contributed by atoms with van der Waals surface area (Å²) in [7, 11) is 0. The molecule has 1 aromatic rings. The molecule has 2 saturated heterocycles. The Kier molecular flexibility index (Phi) is 3.71. The number of rotatable bonds is 4. The van der Waals surface area contributed by atoms with E-state index >= 15 is 0 Å². The van der Waals surface area contributed by atoms with Gasteiger partial charge in [-0.3, -0.25) is 4.90 Å². The van der Waals surface area contributed by atoms with Crippen LogP contribution >= 0.6 is 0 Å². The van der Waals surface area contributed by atoms with Crippen molar-refractivity contribution in [2.45, 2.75) is 43.9 Å². The molecular formula is C15H20FNO2. The second-order valence-electron chi connectivity index (χ2n) is 5.55. The van der Waals surface area contributed by atoms with Crippen molar-refractivity contribution < 1.29 is 14.2 Å². The Labute approximate surface area is 113 Å². The molecule has 2 unspecified atom stereocenters. The van der Waals surface area contributed by atoms with Crippen LogP contribution in [-0.2, 0) is 0 Å². The molecule has 3 nitrogen and oxygen atoms in total. The van der Waals surface area contributed by atoms with Crippen molar-refractivity contribution in [3.8, 4) is 5.75 Å². The highest BCUT2D eigenvalue weighted by Crippen LogP contribution is 2.35. The molecule has 1 N–H and O–H groups in total. The fourth-order valence-corrected chi connectivity index (χ4v) is 3.41. The van der Waals surface area contributed by atoms with Crippen LogP contribution in [0.5, 0.6) is 5.75 Å². The van der Waals surface area contributed by atoms with Crippen LogP contribution in [0.25, 0.3) is 0 Å². The van der Waals surface area contributed by atoms with E-state index in [1.165, 1.54) is 25.0 Å². The average molecular weight is 265 g/mol. The molecule has 2 aliphatic heterocycles. The number of aliphatic hydroxyl groups excluding tert-OH is 1. The lowest BCUT2D eigenvalue weighted by molar-refractivity contribution is 0.0288. The molecule has 0 aromatic heterocycles. The summed E-state index contributed by atoms with van der Waals surface area (Å²) >= 11 is 0. The minimum absolute atomic E-state index is 0.119. The second kappa shape index (κ2) is 5.47. The Morgan fingerprint density at radius 3 is 2.42 bits per heavy atom. The first-order chi connectivity index (χ1) is 9.22. The lowest BCUT2D eigenvalue weighted by Gasteiger charge is -2.36. The number of ether oxygens (including phenoxy) is 1. The van der Waals surface area contributed by atoms with Gasteiger partial charge in [0, 0.05) is 18.6 Å². The van der Waals surface area contributed by atoms with E-state index in [1.54, 1.807) is 12.1 Å². The van der Waals surface area contributed by atoms with Gasteiger partial charge in [0.1, 0.15) is 18.2 Å². The zero-order chi connectivity index (χ0) is 13.2. The number of aliphatic hydroxyl groups is 1. The molecule has 104 valence electrons. The zero-order valence-electron chi connectivity index (χ0n) is 11.0.